The number of alkyl carbamates (subject to hydrolysis) is 1. The molecule has 1 N–H and O–H groups in total. The molecule has 1 aliphatic heterocycles. The summed E-state index contributed by atoms with van der Waals surface area (Å²) in [5, 5.41) is 6.25. The topological polar surface area (TPSA) is 97.6 Å². The van der Waals surface area contributed by atoms with Gasteiger partial charge in [0.25, 0.3) is 5.91 Å². The van der Waals surface area contributed by atoms with Crippen molar-refractivity contribution < 1.29 is 32.0 Å². The Bertz CT molecular complexity index is 1040. The minimum absolute atomic E-state index is 0.201. The van der Waals surface area contributed by atoms with Crippen LogP contribution < -0.4 is 5.32 Å². The van der Waals surface area contributed by atoms with E-state index in [2.05, 4.69) is 20.0 Å². The van der Waals surface area contributed by atoms with Crippen molar-refractivity contribution in [3.63, 3.8) is 0 Å². The molecule has 2 atom stereocenters. The maximum absolute atomic E-state index is 13.1. The summed E-state index contributed by atoms with van der Waals surface area (Å²) < 4.78 is 47.9. The second-order valence-electron chi connectivity index (χ2n) is 8.98. The zero-order valence-corrected chi connectivity index (χ0v) is 17.8. The number of rotatable bonds is 3. The molecule has 0 spiro atoms. The van der Waals surface area contributed by atoms with E-state index in [9.17, 15) is 22.8 Å². The number of ether oxygens (including phenoxy) is 1. The van der Waals surface area contributed by atoms with Crippen molar-refractivity contribution >= 4 is 12.0 Å². The number of nitrogens with zero attached hydrogens (tertiary/aromatic N) is 3. The summed E-state index contributed by atoms with van der Waals surface area (Å²) >= 11 is 0. The molecule has 0 bridgehead atoms. The van der Waals surface area contributed by atoms with Gasteiger partial charge in [-0.25, -0.2) is 4.79 Å². The molecular formula is C21H23F3N4O4. The van der Waals surface area contributed by atoms with Gasteiger partial charge in [-0.05, 0) is 51.7 Å². The summed E-state index contributed by atoms with van der Waals surface area (Å²) in [7, 11) is 0. The Kier molecular flexibility index (Phi) is 5.38. The van der Waals surface area contributed by atoms with Crippen LogP contribution in [-0.4, -0.2) is 44.7 Å². The summed E-state index contributed by atoms with van der Waals surface area (Å²) in [6, 6.07) is 4.28. The highest BCUT2D eigenvalue weighted by Gasteiger charge is 2.41. The molecule has 0 unspecified atom stereocenters. The minimum Gasteiger partial charge on any atom is -0.444 e. The summed E-state index contributed by atoms with van der Waals surface area (Å²) in [5.74, 6) is -1.93. The van der Waals surface area contributed by atoms with Crippen molar-refractivity contribution in [2.24, 2.45) is 0 Å². The lowest BCUT2D eigenvalue weighted by Gasteiger charge is -2.30. The summed E-state index contributed by atoms with van der Waals surface area (Å²) in [6.07, 6.45) is -2.98. The van der Waals surface area contributed by atoms with Crippen LogP contribution in [0.25, 0.3) is 11.4 Å². The van der Waals surface area contributed by atoms with E-state index < -0.39 is 23.8 Å². The number of alkyl halides is 3. The lowest BCUT2D eigenvalue weighted by Crippen LogP contribution is -2.49. The lowest BCUT2D eigenvalue weighted by molar-refractivity contribution is -0.159. The van der Waals surface area contributed by atoms with Gasteiger partial charge in [0.2, 0.25) is 5.82 Å². The molecule has 1 fully saturated rings. The first-order valence-electron chi connectivity index (χ1n) is 10.3. The molecular weight excluding hydrogens is 429 g/mol. The highest BCUT2D eigenvalue weighted by molar-refractivity contribution is 5.99. The normalized spacial score (nSPS) is 21.1. The molecule has 172 valence electrons. The molecule has 0 radical (unpaired) electrons. The molecule has 1 aliphatic carbocycles. The zero-order valence-electron chi connectivity index (χ0n) is 17.8. The smallest absolute Gasteiger partial charge is 0.444 e. The fraction of sp³-hybridized carbons (Fsp3) is 0.524. The van der Waals surface area contributed by atoms with Crippen LogP contribution in [0.1, 0.15) is 61.8 Å². The number of fused-ring (bicyclic) bond motifs is 1. The molecule has 1 aromatic carbocycles. The fourth-order valence-corrected chi connectivity index (χ4v) is 4.13. The van der Waals surface area contributed by atoms with Gasteiger partial charge in [0.1, 0.15) is 5.60 Å². The maximum Gasteiger partial charge on any atom is 0.471 e. The number of hydrogen-bond acceptors (Lipinski definition) is 6. The minimum atomic E-state index is -4.74. The van der Waals surface area contributed by atoms with Crippen LogP contribution in [0.3, 0.4) is 0 Å². The standard InChI is InChI=1S/C21H23F3N4O4/c1-20(2,3)31-19(30)25-14-5-4-6-15(14)28-10-12-8-7-11(9-13(12)17(28)29)16-26-18(32-27-16)21(22,23)24/h7-9,14-15H,4-6,10H2,1-3H3,(H,25,30)/t14-,15-/m0/s1. The molecule has 2 heterocycles. The molecule has 11 heteroatoms. The number of carbonyl (C=O) groups is 2. The molecule has 2 aliphatic rings. The van der Waals surface area contributed by atoms with Gasteiger partial charge >= 0.3 is 18.2 Å². The van der Waals surface area contributed by atoms with Crippen LogP contribution in [0.4, 0.5) is 18.0 Å². The second-order valence-corrected chi connectivity index (χ2v) is 8.98. The first-order valence-corrected chi connectivity index (χ1v) is 10.3. The molecule has 1 saturated carbocycles. The third-order valence-electron chi connectivity index (χ3n) is 5.45. The van der Waals surface area contributed by atoms with Crippen LogP contribution in [-0.2, 0) is 17.5 Å². The fourth-order valence-electron chi connectivity index (χ4n) is 4.13. The van der Waals surface area contributed by atoms with Gasteiger partial charge in [-0.15, -0.1) is 0 Å². The average molecular weight is 452 g/mol. The van der Waals surface area contributed by atoms with Crippen LogP contribution in [0.15, 0.2) is 22.7 Å². The van der Waals surface area contributed by atoms with Gasteiger partial charge < -0.3 is 19.5 Å². The van der Waals surface area contributed by atoms with Gasteiger partial charge in [-0.3, -0.25) is 4.79 Å². The van der Waals surface area contributed by atoms with Crippen molar-refractivity contribution in [1.82, 2.24) is 20.4 Å². The van der Waals surface area contributed by atoms with E-state index >= 15 is 0 Å². The Balaban J connectivity index is 1.51. The number of benzene rings is 1. The second kappa shape index (κ2) is 7.79. The third-order valence-corrected chi connectivity index (χ3v) is 5.45. The van der Waals surface area contributed by atoms with Gasteiger partial charge in [-0.1, -0.05) is 17.3 Å². The summed E-state index contributed by atoms with van der Waals surface area (Å²) in [5.41, 5.74) is 0.758. The van der Waals surface area contributed by atoms with E-state index in [0.717, 1.165) is 24.8 Å². The Morgan fingerprint density at radius 1 is 1.25 bits per heavy atom. The van der Waals surface area contributed by atoms with Crippen LogP contribution in [0.2, 0.25) is 0 Å². The SMILES string of the molecule is CC(C)(C)OC(=O)N[C@H]1CCC[C@@H]1N1Cc2ccc(-c3noc(C(F)(F)F)n3)cc2C1=O. The highest BCUT2D eigenvalue weighted by Crippen LogP contribution is 2.35. The zero-order chi connectivity index (χ0) is 23.3. The van der Waals surface area contributed by atoms with Gasteiger partial charge in [-0.2, -0.15) is 18.2 Å². The number of nitrogens with one attached hydrogen (secondary N) is 1. The maximum atomic E-state index is 13.1. The van der Waals surface area contributed by atoms with Gasteiger partial charge in [0.05, 0.1) is 12.1 Å². The molecule has 32 heavy (non-hydrogen) atoms. The molecule has 8 nitrogen and oxygen atoms in total. The predicted octanol–water partition coefficient (Wildman–Crippen LogP) is 4.16. The number of aromatic nitrogens is 2. The number of halogens is 3. The highest BCUT2D eigenvalue weighted by atomic mass is 19.4. The van der Waals surface area contributed by atoms with Gasteiger partial charge in [0, 0.05) is 17.7 Å². The van der Waals surface area contributed by atoms with Crippen molar-refractivity contribution in [3.8, 4) is 11.4 Å². The molecule has 4 rings (SSSR count). The Morgan fingerprint density at radius 2 is 2.00 bits per heavy atom. The van der Waals surface area contributed by atoms with Crippen LogP contribution >= 0.6 is 0 Å². The number of hydrogen-bond donors (Lipinski definition) is 1. The summed E-state index contributed by atoms with van der Waals surface area (Å²) in [4.78, 5) is 30.4. The van der Waals surface area contributed by atoms with E-state index in [0.29, 0.717) is 12.1 Å². The van der Waals surface area contributed by atoms with E-state index in [1.165, 1.54) is 6.07 Å². The predicted molar refractivity (Wildman–Crippen MR) is 105 cm³/mol. The van der Waals surface area contributed by atoms with Crippen molar-refractivity contribution in [2.75, 3.05) is 0 Å². The first-order chi connectivity index (χ1) is 14.9. The van der Waals surface area contributed by atoms with E-state index in [1.807, 2.05) is 0 Å². The molecule has 0 saturated heterocycles. The first kappa shape index (κ1) is 22.1. The Labute approximate surface area is 182 Å². The lowest BCUT2D eigenvalue weighted by atomic mass is 10.1. The Morgan fingerprint density at radius 3 is 2.66 bits per heavy atom. The molecule has 2 aromatic rings. The molecule has 2 amide bonds. The number of carbonyl (C=O) groups excluding carboxylic acids is 2. The van der Waals surface area contributed by atoms with Gasteiger partial charge in [0.15, 0.2) is 0 Å². The molecule has 1 aromatic heterocycles. The number of amides is 2. The van der Waals surface area contributed by atoms with E-state index in [1.54, 1.807) is 37.8 Å². The van der Waals surface area contributed by atoms with Crippen LogP contribution in [0, 0.1) is 0 Å². The van der Waals surface area contributed by atoms with Crippen molar-refractivity contribution in [1.29, 1.82) is 0 Å². The summed E-state index contributed by atoms with van der Waals surface area (Å²) in [6.45, 7) is 5.68. The van der Waals surface area contributed by atoms with Crippen molar-refractivity contribution in [3.05, 3.63) is 35.2 Å². The van der Waals surface area contributed by atoms with E-state index in [-0.39, 0.29) is 29.4 Å². The van der Waals surface area contributed by atoms with E-state index in [4.69, 9.17) is 4.74 Å². The monoisotopic (exact) mass is 452 g/mol. The largest absolute Gasteiger partial charge is 0.471 e. The van der Waals surface area contributed by atoms with Crippen molar-refractivity contribution in [2.45, 2.75) is 70.4 Å². The average Bonchev–Trinajstić information content (AvgIpc) is 3.39. The quantitative estimate of drug-likeness (QED) is 0.751. The third kappa shape index (κ3) is 4.42. The van der Waals surface area contributed by atoms with Crippen LogP contribution in [0.5, 0.6) is 0 Å². The Hall–Kier alpha value is -3.11.